The van der Waals surface area contributed by atoms with E-state index in [4.69, 9.17) is 0 Å². The lowest BCUT2D eigenvalue weighted by molar-refractivity contribution is 0.0930. The lowest BCUT2D eigenvalue weighted by atomic mass is 10.1. The molecular weight excluding hydrogens is 300 g/mol. The average Bonchev–Trinajstić information content (AvgIpc) is 3.11. The molecule has 24 heavy (non-hydrogen) atoms. The van der Waals surface area contributed by atoms with Crippen LogP contribution in [0.15, 0.2) is 61.1 Å². The molecule has 1 aliphatic carbocycles. The van der Waals surface area contributed by atoms with Crippen LogP contribution in [0.2, 0.25) is 0 Å². The van der Waals surface area contributed by atoms with Crippen molar-refractivity contribution in [3.8, 4) is 5.69 Å². The molecule has 2 aromatic heterocycles. The fourth-order valence-electron chi connectivity index (χ4n) is 3.08. The van der Waals surface area contributed by atoms with Crippen molar-refractivity contribution in [2.45, 2.75) is 31.8 Å². The van der Waals surface area contributed by atoms with Crippen LogP contribution >= 0.6 is 0 Å². The maximum atomic E-state index is 12.7. The number of amides is 1. The smallest absolute Gasteiger partial charge is 0.268 e. The summed E-state index contributed by atoms with van der Waals surface area (Å²) in [7, 11) is 0. The number of hydrogen-bond donors (Lipinski definition) is 1. The van der Waals surface area contributed by atoms with Crippen LogP contribution in [0, 0.1) is 0 Å². The Labute approximate surface area is 140 Å². The third kappa shape index (κ3) is 2.73. The first-order valence-corrected chi connectivity index (χ1v) is 8.30. The molecule has 0 spiro atoms. The van der Waals surface area contributed by atoms with Crippen molar-refractivity contribution in [1.29, 1.82) is 0 Å². The molecule has 0 unspecified atom stereocenters. The van der Waals surface area contributed by atoms with Crippen molar-refractivity contribution in [3.63, 3.8) is 0 Å². The topological polar surface area (TPSA) is 51.9 Å². The second kappa shape index (κ2) is 6.00. The second-order valence-corrected chi connectivity index (χ2v) is 6.24. The lowest BCUT2D eigenvalue weighted by Gasteiger charge is -2.18. The summed E-state index contributed by atoms with van der Waals surface area (Å²) in [5.74, 6) is -0.0327. The van der Waals surface area contributed by atoms with Crippen molar-refractivity contribution in [2.75, 3.05) is 0 Å². The van der Waals surface area contributed by atoms with E-state index in [9.17, 15) is 4.79 Å². The fraction of sp³-hybridized carbons (Fsp3) is 0.263. The van der Waals surface area contributed by atoms with E-state index < -0.39 is 0 Å². The number of carbonyl (C=O) groups excluding carboxylic acids is 1. The van der Waals surface area contributed by atoms with Gasteiger partial charge in [-0.2, -0.15) is 5.10 Å². The summed E-state index contributed by atoms with van der Waals surface area (Å²) >= 11 is 0. The van der Waals surface area contributed by atoms with E-state index in [-0.39, 0.29) is 11.9 Å². The molecule has 1 atom stereocenters. The number of nitrogens with one attached hydrogen (secondary N) is 1. The Morgan fingerprint density at radius 2 is 2.00 bits per heavy atom. The molecule has 5 nitrogen and oxygen atoms in total. The van der Waals surface area contributed by atoms with Crippen molar-refractivity contribution in [2.24, 2.45) is 0 Å². The van der Waals surface area contributed by atoms with Gasteiger partial charge in [-0.1, -0.05) is 18.2 Å². The average molecular weight is 320 g/mol. The molecule has 122 valence electrons. The second-order valence-electron chi connectivity index (χ2n) is 6.24. The lowest BCUT2D eigenvalue weighted by Crippen LogP contribution is -2.29. The highest BCUT2D eigenvalue weighted by Crippen LogP contribution is 2.36. The van der Waals surface area contributed by atoms with Crippen LogP contribution in [0.5, 0.6) is 0 Å². The Morgan fingerprint density at radius 1 is 1.17 bits per heavy atom. The summed E-state index contributed by atoms with van der Waals surface area (Å²) in [6, 6.07) is 14.1. The van der Waals surface area contributed by atoms with Gasteiger partial charge < -0.3 is 9.88 Å². The molecule has 0 radical (unpaired) electrons. The Hall–Kier alpha value is -2.82. The van der Waals surface area contributed by atoms with Crippen LogP contribution in [0.4, 0.5) is 0 Å². The summed E-state index contributed by atoms with van der Waals surface area (Å²) in [4.78, 5) is 12.7. The van der Waals surface area contributed by atoms with Gasteiger partial charge in [0.05, 0.1) is 11.7 Å². The Bertz CT molecular complexity index is 846. The van der Waals surface area contributed by atoms with E-state index in [1.54, 1.807) is 6.20 Å². The molecule has 0 aliphatic heterocycles. The zero-order valence-corrected chi connectivity index (χ0v) is 13.6. The number of para-hydroxylation sites is 1. The molecular formula is C19H20N4O. The van der Waals surface area contributed by atoms with Crippen LogP contribution in [0.3, 0.4) is 0 Å². The molecule has 1 N–H and O–H groups in total. The standard InChI is InChI=1S/C19H20N4O/c1-14(16-6-2-3-7-17(16)23-13-5-11-20-23)21-19(24)18-8-4-12-22(18)15-9-10-15/h2-8,11-15H,9-10H2,1H3,(H,21,24)/t14-/m1/s1. The van der Waals surface area contributed by atoms with Crippen LogP contribution in [0.25, 0.3) is 5.69 Å². The highest BCUT2D eigenvalue weighted by Gasteiger charge is 2.27. The van der Waals surface area contributed by atoms with Gasteiger partial charge in [0.25, 0.3) is 5.91 Å². The summed E-state index contributed by atoms with van der Waals surface area (Å²) in [6.45, 7) is 2.00. The number of hydrogen-bond acceptors (Lipinski definition) is 2. The molecule has 4 rings (SSSR count). The fourth-order valence-corrected chi connectivity index (χ4v) is 3.08. The first kappa shape index (κ1) is 14.8. The minimum Gasteiger partial charge on any atom is -0.344 e. The van der Waals surface area contributed by atoms with Gasteiger partial charge in [0.2, 0.25) is 0 Å². The van der Waals surface area contributed by atoms with E-state index in [2.05, 4.69) is 15.0 Å². The van der Waals surface area contributed by atoms with Crippen LogP contribution < -0.4 is 5.32 Å². The highest BCUT2D eigenvalue weighted by atomic mass is 16.2. The summed E-state index contributed by atoms with van der Waals surface area (Å²) < 4.78 is 3.91. The molecule has 1 aromatic carbocycles. The largest absolute Gasteiger partial charge is 0.344 e. The quantitative estimate of drug-likeness (QED) is 0.782. The maximum Gasteiger partial charge on any atom is 0.268 e. The van der Waals surface area contributed by atoms with Gasteiger partial charge in [0.15, 0.2) is 0 Å². The normalized spacial score (nSPS) is 15.2. The van der Waals surface area contributed by atoms with Gasteiger partial charge in [-0.25, -0.2) is 4.68 Å². The van der Waals surface area contributed by atoms with Crippen molar-refractivity contribution in [3.05, 3.63) is 72.3 Å². The molecule has 0 saturated heterocycles. The van der Waals surface area contributed by atoms with Crippen molar-refractivity contribution < 1.29 is 4.79 Å². The monoisotopic (exact) mass is 320 g/mol. The van der Waals surface area contributed by atoms with E-state index in [0.717, 1.165) is 29.8 Å². The molecule has 2 heterocycles. The Kier molecular flexibility index (Phi) is 3.69. The van der Waals surface area contributed by atoms with E-state index in [0.29, 0.717) is 6.04 Å². The zero-order chi connectivity index (χ0) is 16.5. The molecule has 5 heteroatoms. The minimum absolute atomic E-state index is 0.0327. The SMILES string of the molecule is C[C@@H](NC(=O)c1cccn1C1CC1)c1ccccc1-n1cccn1. The summed E-state index contributed by atoms with van der Waals surface area (Å²) in [6.07, 6.45) is 7.97. The van der Waals surface area contributed by atoms with Crippen LogP contribution in [0.1, 0.15) is 47.9 Å². The number of rotatable bonds is 5. The van der Waals surface area contributed by atoms with Gasteiger partial charge in [0.1, 0.15) is 5.69 Å². The van der Waals surface area contributed by atoms with Crippen molar-refractivity contribution >= 4 is 5.91 Å². The predicted octanol–water partition coefficient (Wildman–Crippen LogP) is 3.50. The number of carbonyl (C=O) groups is 1. The highest BCUT2D eigenvalue weighted by molar-refractivity contribution is 5.93. The Morgan fingerprint density at radius 3 is 2.75 bits per heavy atom. The van der Waals surface area contributed by atoms with Crippen molar-refractivity contribution in [1.82, 2.24) is 19.7 Å². The van der Waals surface area contributed by atoms with Gasteiger partial charge in [-0.05, 0) is 49.6 Å². The summed E-state index contributed by atoms with van der Waals surface area (Å²) in [5.41, 5.74) is 2.76. The number of benzene rings is 1. The first-order valence-electron chi connectivity index (χ1n) is 8.30. The van der Waals surface area contributed by atoms with E-state index >= 15 is 0 Å². The molecule has 0 bridgehead atoms. The minimum atomic E-state index is -0.111. The van der Waals surface area contributed by atoms with Gasteiger partial charge in [-0.15, -0.1) is 0 Å². The van der Waals surface area contributed by atoms with E-state index in [1.807, 2.05) is 66.5 Å². The van der Waals surface area contributed by atoms with E-state index in [1.165, 1.54) is 0 Å². The summed E-state index contributed by atoms with van der Waals surface area (Å²) in [5, 5.41) is 7.43. The molecule has 1 aliphatic rings. The third-order valence-corrected chi connectivity index (χ3v) is 4.45. The van der Waals surface area contributed by atoms with Crippen LogP contribution in [-0.2, 0) is 0 Å². The zero-order valence-electron chi connectivity index (χ0n) is 13.6. The molecule has 1 saturated carbocycles. The predicted molar refractivity (Wildman–Crippen MR) is 92.1 cm³/mol. The maximum absolute atomic E-state index is 12.7. The van der Waals surface area contributed by atoms with Gasteiger partial charge in [-0.3, -0.25) is 4.79 Å². The third-order valence-electron chi connectivity index (χ3n) is 4.45. The molecule has 1 fully saturated rings. The first-order chi connectivity index (χ1) is 11.7. The van der Waals surface area contributed by atoms with Gasteiger partial charge >= 0.3 is 0 Å². The van der Waals surface area contributed by atoms with Gasteiger partial charge in [0, 0.05) is 24.6 Å². The Balaban J connectivity index is 1.57. The van der Waals surface area contributed by atoms with Crippen LogP contribution in [-0.4, -0.2) is 20.3 Å². The number of nitrogens with zero attached hydrogens (tertiary/aromatic N) is 3. The number of aromatic nitrogens is 3. The molecule has 1 amide bonds. The molecule has 3 aromatic rings.